The van der Waals surface area contributed by atoms with Gasteiger partial charge in [-0.1, -0.05) is 64.5 Å². The third-order valence-corrected chi connectivity index (χ3v) is 6.79. The normalized spacial score (nSPS) is 18.2. The van der Waals surface area contributed by atoms with Crippen molar-refractivity contribution in [1.29, 1.82) is 0 Å². The first-order valence-corrected chi connectivity index (χ1v) is 12.2. The largest absolute Gasteiger partial charge is 0.464 e. The molecule has 2 aliphatic rings. The van der Waals surface area contributed by atoms with Gasteiger partial charge in [0.15, 0.2) is 0 Å². The Labute approximate surface area is 211 Å². The predicted octanol–water partition coefficient (Wildman–Crippen LogP) is 6.91. The first kappa shape index (κ1) is 21.6. The molecule has 5 nitrogen and oxygen atoms in total. The molecule has 35 heavy (non-hydrogen) atoms. The van der Waals surface area contributed by atoms with Crippen LogP contribution in [0.1, 0.15) is 45.7 Å². The number of nitrogens with zero attached hydrogens (tertiary/aromatic N) is 2. The Kier molecular flexibility index (Phi) is 5.58. The van der Waals surface area contributed by atoms with Crippen molar-refractivity contribution < 1.29 is 14.3 Å². The molecule has 0 N–H and O–H groups in total. The number of benzene rings is 4. The van der Waals surface area contributed by atoms with Crippen molar-refractivity contribution >= 4 is 27.6 Å². The number of hydrazone groups is 1. The first-order chi connectivity index (χ1) is 17.2. The maximum Gasteiger partial charge on any atom is 0.343 e. The van der Waals surface area contributed by atoms with Crippen molar-refractivity contribution in [2.24, 2.45) is 5.10 Å². The smallest absolute Gasteiger partial charge is 0.343 e. The summed E-state index contributed by atoms with van der Waals surface area (Å²) in [7, 11) is 0. The number of fused-ring (bicyclic) bond motifs is 3. The van der Waals surface area contributed by atoms with Gasteiger partial charge in [-0.3, -0.25) is 0 Å². The number of hydrogen-bond acceptors (Lipinski definition) is 5. The second-order valence-corrected chi connectivity index (χ2v) is 9.40. The topological polar surface area (TPSA) is 51.1 Å². The molecular weight excluding hydrogens is 504 g/mol. The minimum absolute atomic E-state index is 0.0927. The van der Waals surface area contributed by atoms with Gasteiger partial charge in [0.25, 0.3) is 0 Å². The van der Waals surface area contributed by atoms with Gasteiger partial charge in [0.05, 0.1) is 17.3 Å². The zero-order chi connectivity index (χ0) is 23.8. The summed E-state index contributed by atoms with van der Waals surface area (Å²) in [5.74, 6) is 0.947. The van der Waals surface area contributed by atoms with E-state index in [1.165, 1.54) is 0 Å². The Hall–Kier alpha value is -3.90. The molecule has 0 aliphatic carbocycles. The van der Waals surface area contributed by atoms with Gasteiger partial charge in [-0.05, 0) is 60.2 Å². The number of para-hydroxylation sites is 1. The number of esters is 1. The van der Waals surface area contributed by atoms with E-state index in [9.17, 15) is 4.79 Å². The lowest BCUT2D eigenvalue weighted by atomic mass is 9.96. The Morgan fingerprint density at radius 1 is 0.886 bits per heavy atom. The van der Waals surface area contributed by atoms with Crippen LogP contribution in [0.4, 0.5) is 0 Å². The molecule has 6 rings (SSSR count). The molecule has 2 atom stereocenters. The molecule has 0 fully saturated rings. The summed E-state index contributed by atoms with van der Waals surface area (Å²) in [5, 5.41) is 7.04. The predicted molar refractivity (Wildman–Crippen MR) is 138 cm³/mol. The molecule has 0 spiro atoms. The fourth-order valence-electron chi connectivity index (χ4n) is 4.51. The zero-order valence-corrected chi connectivity index (χ0v) is 20.3. The Morgan fingerprint density at radius 3 is 2.37 bits per heavy atom. The van der Waals surface area contributed by atoms with E-state index in [2.05, 4.69) is 34.1 Å². The van der Waals surface area contributed by atoms with Crippen molar-refractivity contribution in [3.63, 3.8) is 0 Å². The maximum absolute atomic E-state index is 12.5. The number of halogens is 1. The molecule has 4 aromatic rings. The van der Waals surface area contributed by atoms with Gasteiger partial charge in [-0.15, -0.1) is 0 Å². The second-order valence-electron chi connectivity index (χ2n) is 8.49. The average molecular weight is 525 g/mol. The molecule has 172 valence electrons. The van der Waals surface area contributed by atoms with Crippen molar-refractivity contribution in [2.45, 2.75) is 18.7 Å². The number of hydrogen-bond donors (Lipinski definition) is 0. The van der Waals surface area contributed by atoms with E-state index in [0.717, 1.165) is 39.0 Å². The molecule has 0 amide bonds. The first-order valence-electron chi connectivity index (χ1n) is 11.4. The molecule has 0 aromatic heterocycles. The highest BCUT2D eigenvalue weighted by molar-refractivity contribution is 9.10. The summed E-state index contributed by atoms with van der Waals surface area (Å²) in [6.07, 6.45) is 0.427. The standard InChI is InChI=1S/C29H21BrN2O3/c30-22-14-10-21(11-15-22)29(33)34-23-16-12-20(13-17-23)28-32-26(24-8-4-5-9-27(24)35-28)18-25(31-32)19-6-2-1-3-7-19/h1-17,26,28H,18H2/t26-,28+/m0/s1. The van der Waals surface area contributed by atoms with E-state index < -0.39 is 5.97 Å². The quantitative estimate of drug-likeness (QED) is 0.215. The summed E-state index contributed by atoms with van der Waals surface area (Å²) in [5.41, 5.74) is 4.73. The summed E-state index contributed by atoms with van der Waals surface area (Å²) in [4.78, 5) is 12.5. The molecule has 0 saturated carbocycles. The summed E-state index contributed by atoms with van der Waals surface area (Å²) in [6, 6.07) is 33.0. The number of ether oxygens (including phenoxy) is 2. The lowest BCUT2D eigenvalue weighted by Crippen LogP contribution is -2.33. The van der Waals surface area contributed by atoms with Crippen molar-refractivity contribution in [1.82, 2.24) is 5.01 Å². The van der Waals surface area contributed by atoms with Crippen LogP contribution in [-0.4, -0.2) is 16.7 Å². The van der Waals surface area contributed by atoms with Gasteiger partial charge in [-0.2, -0.15) is 5.10 Å². The highest BCUT2D eigenvalue weighted by Crippen LogP contribution is 2.47. The van der Waals surface area contributed by atoms with Crippen LogP contribution in [0.3, 0.4) is 0 Å². The highest BCUT2D eigenvalue weighted by atomic mass is 79.9. The van der Waals surface area contributed by atoms with E-state index >= 15 is 0 Å². The molecule has 0 radical (unpaired) electrons. The molecule has 4 aromatic carbocycles. The Balaban J connectivity index is 1.28. The number of carbonyl (C=O) groups is 1. The molecule has 0 saturated heterocycles. The van der Waals surface area contributed by atoms with Gasteiger partial charge in [-0.25, -0.2) is 9.80 Å². The number of rotatable bonds is 4. The fourth-order valence-corrected chi connectivity index (χ4v) is 4.78. The molecule has 0 unspecified atom stereocenters. The van der Waals surface area contributed by atoms with Crippen LogP contribution in [0.25, 0.3) is 0 Å². The van der Waals surface area contributed by atoms with Crippen LogP contribution < -0.4 is 9.47 Å². The summed E-state index contributed by atoms with van der Waals surface area (Å²) < 4.78 is 12.9. The summed E-state index contributed by atoms with van der Waals surface area (Å²) >= 11 is 3.38. The maximum atomic E-state index is 12.5. The van der Waals surface area contributed by atoms with Gasteiger partial charge in [0.2, 0.25) is 6.23 Å². The van der Waals surface area contributed by atoms with E-state index in [-0.39, 0.29) is 12.3 Å². The zero-order valence-electron chi connectivity index (χ0n) is 18.7. The number of carbonyl (C=O) groups excluding carboxylic acids is 1. The van der Waals surface area contributed by atoms with Crippen LogP contribution in [0, 0.1) is 0 Å². The second kappa shape index (κ2) is 9.04. The minimum atomic E-state index is -0.398. The van der Waals surface area contributed by atoms with Crippen LogP contribution in [0.5, 0.6) is 11.5 Å². The van der Waals surface area contributed by atoms with Crippen molar-refractivity contribution in [3.8, 4) is 11.5 Å². The van der Waals surface area contributed by atoms with Crippen LogP contribution in [0.2, 0.25) is 0 Å². The van der Waals surface area contributed by atoms with Crippen molar-refractivity contribution in [3.05, 3.63) is 130 Å². The van der Waals surface area contributed by atoms with Gasteiger partial charge < -0.3 is 9.47 Å². The third kappa shape index (κ3) is 4.21. The fraction of sp³-hybridized carbons (Fsp3) is 0.103. The Bertz CT molecular complexity index is 1400. The third-order valence-electron chi connectivity index (χ3n) is 6.26. The average Bonchev–Trinajstić information content (AvgIpc) is 3.36. The molecular formula is C29H21BrN2O3. The van der Waals surface area contributed by atoms with Crippen molar-refractivity contribution in [2.75, 3.05) is 0 Å². The molecule has 6 heteroatoms. The van der Waals surface area contributed by atoms with E-state index in [1.807, 2.05) is 65.7 Å². The SMILES string of the molecule is O=C(Oc1ccc([C@H]2Oc3ccccc3[C@@H]3CC(c4ccccc4)=NN23)cc1)c1ccc(Br)cc1. The Morgan fingerprint density at radius 2 is 1.60 bits per heavy atom. The molecule has 2 heterocycles. The molecule has 2 aliphatic heterocycles. The van der Waals surface area contributed by atoms with E-state index in [1.54, 1.807) is 24.3 Å². The van der Waals surface area contributed by atoms with Crippen LogP contribution in [0.15, 0.2) is 113 Å². The molecule has 0 bridgehead atoms. The lowest BCUT2D eigenvalue weighted by Gasteiger charge is -2.38. The van der Waals surface area contributed by atoms with Gasteiger partial charge in [0, 0.05) is 22.0 Å². The van der Waals surface area contributed by atoms with E-state index in [0.29, 0.717) is 11.3 Å². The highest BCUT2D eigenvalue weighted by Gasteiger charge is 2.40. The lowest BCUT2D eigenvalue weighted by molar-refractivity contribution is -0.0190. The van der Waals surface area contributed by atoms with Gasteiger partial charge in [0.1, 0.15) is 11.5 Å². The van der Waals surface area contributed by atoms with Crippen LogP contribution >= 0.6 is 15.9 Å². The van der Waals surface area contributed by atoms with Gasteiger partial charge >= 0.3 is 5.97 Å². The minimum Gasteiger partial charge on any atom is -0.464 e. The van der Waals surface area contributed by atoms with Crippen LogP contribution in [-0.2, 0) is 0 Å². The summed E-state index contributed by atoms with van der Waals surface area (Å²) in [6.45, 7) is 0. The monoisotopic (exact) mass is 524 g/mol. The van der Waals surface area contributed by atoms with E-state index in [4.69, 9.17) is 14.6 Å².